The van der Waals surface area contributed by atoms with Crippen molar-refractivity contribution < 1.29 is 9.84 Å². The molecule has 0 bridgehead atoms. The number of methoxy groups -OCH3 is 1. The molecule has 0 spiro atoms. The Hall–Kier alpha value is -1.86. The van der Waals surface area contributed by atoms with Gasteiger partial charge < -0.3 is 19.3 Å². The van der Waals surface area contributed by atoms with Crippen LogP contribution in [0.25, 0.3) is 0 Å². The number of ether oxygens (including phenoxy) is 1. The van der Waals surface area contributed by atoms with Crippen LogP contribution in [0.15, 0.2) is 35.1 Å². The van der Waals surface area contributed by atoms with Crippen LogP contribution in [0.5, 0.6) is 5.75 Å². The van der Waals surface area contributed by atoms with Gasteiger partial charge in [-0.15, -0.1) is 0 Å². The van der Waals surface area contributed by atoms with E-state index in [1.807, 2.05) is 31.2 Å². The molecule has 1 aromatic heterocycles. The number of rotatable bonds is 7. The van der Waals surface area contributed by atoms with Gasteiger partial charge in [0.25, 0.3) is 5.56 Å². The van der Waals surface area contributed by atoms with Gasteiger partial charge in [-0.3, -0.25) is 9.69 Å². The van der Waals surface area contributed by atoms with Crippen molar-refractivity contribution in [3.05, 3.63) is 62.5 Å². The highest BCUT2D eigenvalue weighted by Gasteiger charge is 2.32. The minimum Gasteiger partial charge on any atom is -0.507 e. The second-order valence-corrected chi connectivity index (χ2v) is 7.84. The molecule has 3 rings (SSSR count). The van der Waals surface area contributed by atoms with Crippen LogP contribution in [0.1, 0.15) is 29.8 Å². The lowest BCUT2D eigenvalue weighted by Crippen LogP contribution is -2.48. The highest BCUT2D eigenvalue weighted by molar-refractivity contribution is 6.31. The Morgan fingerprint density at radius 2 is 1.90 bits per heavy atom. The normalized spacial score (nSPS) is 16.8. The number of pyridine rings is 1. The van der Waals surface area contributed by atoms with Crippen LogP contribution in [0, 0.1) is 6.92 Å². The first-order chi connectivity index (χ1) is 14.0. The summed E-state index contributed by atoms with van der Waals surface area (Å²) in [7, 11) is 1.61. The third-order valence-corrected chi connectivity index (χ3v) is 6.08. The van der Waals surface area contributed by atoms with Gasteiger partial charge >= 0.3 is 0 Å². The third-order valence-electron chi connectivity index (χ3n) is 5.73. The van der Waals surface area contributed by atoms with Crippen molar-refractivity contribution in [2.45, 2.75) is 26.4 Å². The van der Waals surface area contributed by atoms with Crippen molar-refractivity contribution in [2.75, 3.05) is 46.4 Å². The van der Waals surface area contributed by atoms with E-state index in [0.717, 1.165) is 38.3 Å². The zero-order chi connectivity index (χ0) is 21.0. The van der Waals surface area contributed by atoms with Crippen molar-refractivity contribution >= 4 is 11.6 Å². The highest BCUT2D eigenvalue weighted by atomic mass is 35.5. The zero-order valence-electron chi connectivity index (χ0n) is 17.4. The van der Waals surface area contributed by atoms with Crippen LogP contribution >= 0.6 is 11.6 Å². The summed E-state index contributed by atoms with van der Waals surface area (Å²) < 4.78 is 6.84. The van der Waals surface area contributed by atoms with E-state index in [4.69, 9.17) is 16.3 Å². The number of benzene rings is 1. The molecule has 0 amide bonds. The van der Waals surface area contributed by atoms with Crippen LogP contribution in [0.3, 0.4) is 0 Å². The fourth-order valence-corrected chi connectivity index (χ4v) is 4.29. The summed E-state index contributed by atoms with van der Waals surface area (Å²) in [5, 5.41) is 11.4. The molecule has 0 aliphatic carbocycles. The molecule has 2 heterocycles. The lowest BCUT2D eigenvalue weighted by molar-refractivity contribution is 0.111. The molecule has 1 aromatic carbocycles. The number of piperazine rings is 1. The largest absolute Gasteiger partial charge is 0.507 e. The molecule has 2 aromatic rings. The molecular formula is C22H30ClN3O3. The fourth-order valence-electron chi connectivity index (χ4n) is 4.06. The molecule has 1 aliphatic rings. The van der Waals surface area contributed by atoms with Crippen LogP contribution < -0.4 is 5.56 Å². The molecule has 0 saturated carbocycles. The molecular weight excluding hydrogens is 390 g/mol. The smallest absolute Gasteiger partial charge is 0.259 e. The van der Waals surface area contributed by atoms with Crippen LogP contribution in [-0.2, 0) is 11.3 Å². The Bertz CT molecular complexity index is 891. The Morgan fingerprint density at radius 3 is 2.52 bits per heavy atom. The standard InChI is InChI=1S/C22H30ClN3O3/c1-4-24-9-11-25(12-10-24)21(17-7-5-6-8-18(17)23)20-19(27)15-16(2)26(22(20)28)13-14-29-3/h5-8,15,21,27H,4,9-14H2,1-3H3/t21-/m0/s1. The fraction of sp³-hybridized carbons (Fsp3) is 0.500. The summed E-state index contributed by atoms with van der Waals surface area (Å²) in [5.41, 5.74) is 1.74. The van der Waals surface area contributed by atoms with Gasteiger partial charge in [-0.05, 0) is 31.2 Å². The van der Waals surface area contributed by atoms with Gasteiger partial charge in [0.05, 0.1) is 18.2 Å². The van der Waals surface area contributed by atoms with E-state index in [9.17, 15) is 9.90 Å². The molecule has 1 atom stereocenters. The molecule has 7 heteroatoms. The van der Waals surface area contributed by atoms with E-state index >= 15 is 0 Å². The lowest BCUT2D eigenvalue weighted by atomic mass is 9.96. The van der Waals surface area contributed by atoms with Crippen molar-refractivity contribution in [3.8, 4) is 5.75 Å². The monoisotopic (exact) mass is 419 g/mol. The second kappa shape index (κ2) is 9.76. The minimum atomic E-state index is -0.399. The van der Waals surface area contributed by atoms with Crippen molar-refractivity contribution in [3.63, 3.8) is 0 Å². The van der Waals surface area contributed by atoms with Crippen molar-refractivity contribution in [2.24, 2.45) is 0 Å². The average Bonchev–Trinajstić information content (AvgIpc) is 2.72. The van der Waals surface area contributed by atoms with Gasteiger partial charge in [0, 0.05) is 50.6 Å². The van der Waals surface area contributed by atoms with Crippen molar-refractivity contribution in [1.29, 1.82) is 0 Å². The van der Waals surface area contributed by atoms with Crippen LogP contribution in [0.2, 0.25) is 5.02 Å². The number of nitrogens with zero attached hydrogens (tertiary/aromatic N) is 3. The zero-order valence-corrected chi connectivity index (χ0v) is 18.2. The summed E-state index contributed by atoms with van der Waals surface area (Å²) >= 11 is 6.56. The summed E-state index contributed by atoms with van der Waals surface area (Å²) in [6.45, 7) is 9.29. The predicted molar refractivity (Wildman–Crippen MR) is 116 cm³/mol. The number of likely N-dealkylation sites (N-methyl/N-ethyl adjacent to an activating group) is 1. The summed E-state index contributed by atoms with van der Waals surface area (Å²) in [4.78, 5) is 18.1. The highest BCUT2D eigenvalue weighted by Crippen LogP contribution is 2.36. The SMILES string of the molecule is CCN1CCN([C@@H](c2ccccc2Cl)c2c(O)cc(C)n(CCOC)c2=O)CC1. The molecule has 0 radical (unpaired) electrons. The maximum absolute atomic E-state index is 13.5. The number of aromatic nitrogens is 1. The summed E-state index contributed by atoms with van der Waals surface area (Å²) in [6, 6.07) is 8.84. The summed E-state index contributed by atoms with van der Waals surface area (Å²) in [5.74, 6) is 0.0176. The molecule has 158 valence electrons. The maximum atomic E-state index is 13.5. The van der Waals surface area contributed by atoms with E-state index in [1.54, 1.807) is 17.7 Å². The number of aryl methyl sites for hydroxylation is 1. The Balaban J connectivity index is 2.12. The molecule has 1 N–H and O–H groups in total. The van der Waals surface area contributed by atoms with Crippen LogP contribution in [-0.4, -0.2) is 65.9 Å². The Kier molecular flexibility index (Phi) is 7.35. The first kappa shape index (κ1) is 21.8. The van der Waals surface area contributed by atoms with Gasteiger partial charge in [-0.2, -0.15) is 0 Å². The van der Waals surface area contributed by atoms with E-state index in [0.29, 0.717) is 29.4 Å². The van der Waals surface area contributed by atoms with Gasteiger partial charge in [-0.25, -0.2) is 0 Å². The van der Waals surface area contributed by atoms with E-state index in [1.165, 1.54) is 0 Å². The van der Waals surface area contributed by atoms with Crippen molar-refractivity contribution in [1.82, 2.24) is 14.4 Å². The van der Waals surface area contributed by atoms with Crippen LogP contribution in [0.4, 0.5) is 0 Å². The first-order valence-corrected chi connectivity index (χ1v) is 10.5. The minimum absolute atomic E-state index is 0.0176. The van der Waals surface area contributed by atoms with Gasteiger partial charge in [0.1, 0.15) is 5.75 Å². The van der Waals surface area contributed by atoms with Gasteiger partial charge in [0.15, 0.2) is 0 Å². The topological polar surface area (TPSA) is 57.9 Å². The number of hydrogen-bond donors (Lipinski definition) is 1. The quantitative estimate of drug-likeness (QED) is 0.747. The number of hydrogen-bond acceptors (Lipinski definition) is 5. The number of halogens is 1. The molecule has 1 saturated heterocycles. The molecule has 1 aliphatic heterocycles. The van der Waals surface area contributed by atoms with E-state index in [-0.39, 0.29) is 11.3 Å². The molecule has 1 fully saturated rings. The predicted octanol–water partition coefficient (Wildman–Crippen LogP) is 2.89. The second-order valence-electron chi connectivity index (χ2n) is 7.43. The molecule has 29 heavy (non-hydrogen) atoms. The Labute approximate surface area is 177 Å². The van der Waals surface area contributed by atoms with E-state index < -0.39 is 6.04 Å². The lowest BCUT2D eigenvalue weighted by Gasteiger charge is -2.39. The average molecular weight is 420 g/mol. The van der Waals surface area contributed by atoms with Gasteiger partial charge in [0.2, 0.25) is 0 Å². The first-order valence-electron chi connectivity index (χ1n) is 10.1. The molecule has 6 nitrogen and oxygen atoms in total. The maximum Gasteiger partial charge on any atom is 0.259 e. The number of aromatic hydroxyl groups is 1. The van der Waals surface area contributed by atoms with Gasteiger partial charge in [-0.1, -0.05) is 36.7 Å². The van der Waals surface area contributed by atoms with E-state index in [2.05, 4.69) is 16.7 Å². The third kappa shape index (κ3) is 4.67. The molecule has 0 unspecified atom stereocenters. The summed E-state index contributed by atoms with van der Waals surface area (Å²) in [6.07, 6.45) is 0. The Morgan fingerprint density at radius 1 is 1.21 bits per heavy atom.